The Morgan fingerprint density at radius 2 is 2.05 bits per heavy atom. The molecule has 5 heteroatoms. The van der Waals surface area contributed by atoms with Crippen LogP contribution in [0.3, 0.4) is 0 Å². The molecule has 0 spiro atoms. The van der Waals surface area contributed by atoms with Gasteiger partial charge in [-0.25, -0.2) is 9.37 Å². The number of halogens is 1. The minimum Gasteiger partial charge on any atom is -0.355 e. The van der Waals surface area contributed by atoms with Gasteiger partial charge in [-0.15, -0.1) is 0 Å². The Bertz CT molecular complexity index is 530. The highest BCUT2D eigenvalue weighted by atomic mass is 19.1. The summed E-state index contributed by atoms with van der Waals surface area (Å²) in [6.07, 6.45) is 4.77. The molecule has 0 aliphatic heterocycles. The molecule has 4 nitrogen and oxygen atoms in total. The Kier molecular flexibility index (Phi) is 4.41. The summed E-state index contributed by atoms with van der Waals surface area (Å²) in [5.74, 6) is 0.471. The van der Waals surface area contributed by atoms with Gasteiger partial charge in [-0.1, -0.05) is 0 Å². The molecule has 0 bridgehead atoms. The number of hydrogen-bond acceptors (Lipinski definition) is 4. The molecule has 0 fully saturated rings. The first-order valence-electron chi connectivity index (χ1n) is 6.09. The van der Waals surface area contributed by atoms with Crippen LogP contribution in [-0.4, -0.2) is 24.1 Å². The fraction of sp³-hybridized carbons (Fsp3) is 0.286. The van der Waals surface area contributed by atoms with Crippen LogP contribution >= 0.6 is 0 Å². The fourth-order valence-corrected chi connectivity index (χ4v) is 1.98. The van der Waals surface area contributed by atoms with Crippen molar-refractivity contribution in [2.75, 3.05) is 19.0 Å². The molecule has 0 aliphatic carbocycles. The topological polar surface area (TPSA) is 41.1 Å². The van der Waals surface area contributed by atoms with Crippen molar-refractivity contribution < 1.29 is 4.39 Å². The molecule has 0 saturated carbocycles. The van der Waals surface area contributed by atoms with Crippen molar-refractivity contribution in [3.63, 3.8) is 0 Å². The second kappa shape index (κ2) is 6.24. The Labute approximate surface area is 112 Å². The number of pyridine rings is 2. The molecule has 0 aliphatic rings. The number of hydrogen-bond donors (Lipinski definition) is 1. The quantitative estimate of drug-likeness (QED) is 0.892. The molecular formula is C14H17FN4. The van der Waals surface area contributed by atoms with Gasteiger partial charge in [0.2, 0.25) is 0 Å². The van der Waals surface area contributed by atoms with E-state index in [0.29, 0.717) is 13.1 Å². The van der Waals surface area contributed by atoms with Gasteiger partial charge in [0.05, 0.1) is 6.20 Å². The van der Waals surface area contributed by atoms with E-state index >= 15 is 0 Å². The second-order valence-electron chi connectivity index (χ2n) is 4.38. The lowest BCUT2D eigenvalue weighted by Crippen LogP contribution is -2.21. The van der Waals surface area contributed by atoms with E-state index in [9.17, 15) is 4.39 Å². The van der Waals surface area contributed by atoms with Crippen LogP contribution in [-0.2, 0) is 13.1 Å². The van der Waals surface area contributed by atoms with Crippen molar-refractivity contribution in [2.24, 2.45) is 0 Å². The summed E-state index contributed by atoms with van der Waals surface area (Å²) in [5.41, 5.74) is 1.98. The van der Waals surface area contributed by atoms with Crippen molar-refractivity contribution in [3.8, 4) is 0 Å². The van der Waals surface area contributed by atoms with Gasteiger partial charge in [0.1, 0.15) is 11.6 Å². The number of aromatic nitrogens is 2. The van der Waals surface area contributed by atoms with Gasteiger partial charge in [-0.2, -0.15) is 0 Å². The maximum Gasteiger partial charge on any atom is 0.141 e. The van der Waals surface area contributed by atoms with Gasteiger partial charge in [0.15, 0.2) is 0 Å². The summed E-state index contributed by atoms with van der Waals surface area (Å²) in [6, 6.07) is 5.43. The monoisotopic (exact) mass is 260 g/mol. The molecule has 1 N–H and O–H groups in total. The number of anilines is 1. The highest BCUT2D eigenvalue weighted by Crippen LogP contribution is 2.19. The van der Waals surface area contributed by atoms with E-state index in [1.54, 1.807) is 12.4 Å². The Balaban J connectivity index is 2.20. The van der Waals surface area contributed by atoms with Gasteiger partial charge in [-0.3, -0.25) is 4.98 Å². The van der Waals surface area contributed by atoms with Crippen LogP contribution in [0.25, 0.3) is 0 Å². The molecule has 0 radical (unpaired) electrons. The van der Waals surface area contributed by atoms with Gasteiger partial charge in [0.25, 0.3) is 0 Å². The molecule has 19 heavy (non-hydrogen) atoms. The van der Waals surface area contributed by atoms with Crippen LogP contribution < -0.4 is 10.2 Å². The average Bonchev–Trinajstić information content (AvgIpc) is 2.40. The van der Waals surface area contributed by atoms with E-state index < -0.39 is 0 Å². The molecule has 2 rings (SSSR count). The fourth-order valence-electron chi connectivity index (χ4n) is 1.98. The zero-order chi connectivity index (χ0) is 13.7. The summed E-state index contributed by atoms with van der Waals surface area (Å²) in [5, 5.41) is 3.03. The van der Waals surface area contributed by atoms with Gasteiger partial charge < -0.3 is 10.2 Å². The zero-order valence-electron chi connectivity index (χ0n) is 11.1. The van der Waals surface area contributed by atoms with Crippen molar-refractivity contribution in [3.05, 3.63) is 53.7 Å². The van der Waals surface area contributed by atoms with E-state index in [4.69, 9.17) is 0 Å². The van der Waals surface area contributed by atoms with E-state index in [1.165, 1.54) is 12.3 Å². The third kappa shape index (κ3) is 3.48. The molecule has 0 unspecified atom stereocenters. The predicted molar refractivity (Wildman–Crippen MR) is 73.3 cm³/mol. The maximum absolute atomic E-state index is 13.2. The summed E-state index contributed by atoms with van der Waals surface area (Å²) in [4.78, 5) is 10.2. The molecule has 0 saturated heterocycles. The Morgan fingerprint density at radius 1 is 1.32 bits per heavy atom. The van der Waals surface area contributed by atoms with Crippen molar-refractivity contribution in [1.82, 2.24) is 15.3 Å². The number of rotatable bonds is 5. The lowest BCUT2D eigenvalue weighted by molar-refractivity contribution is 0.615. The summed E-state index contributed by atoms with van der Waals surface area (Å²) >= 11 is 0. The first kappa shape index (κ1) is 13.4. The number of nitrogens with zero attached hydrogens (tertiary/aromatic N) is 3. The van der Waals surface area contributed by atoms with Gasteiger partial charge >= 0.3 is 0 Å². The van der Waals surface area contributed by atoms with Crippen LogP contribution in [0.2, 0.25) is 0 Å². The third-order valence-corrected chi connectivity index (χ3v) is 2.81. The molecule has 100 valence electrons. The maximum atomic E-state index is 13.2. The minimum absolute atomic E-state index is 0.314. The molecular weight excluding hydrogens is 243 g/mol. The molecule has 0 amide bonds. The molecule has 2 heterocycles. The normalized spacial score (nSPS) is 10.5. The lowest BCUT2D eigenvalue weighted by Gasteiger charge is -2.21. The summed E-state index contributed by atoms with van der Waals surface area (Å²) in [7, 11) is 3.78. The predicted octanol–water partition coefficient (Wildman–Crippen LogP) is 1.97. The average molecular weight is 260 g/mol. The largest absolute Gasteiger partial charge is 0.355 e. The Morgan fingerprint density at radius 3 is 2.74 bits per heavy atom. The van der Waals surface area contributed by atoms with Crippen LogP contribution in [0, 0.1) is 5.82 Å². The van der Waals surface area contributed by atoms with E-state index in [-0.39, 0.29) is 5.82 Å². The lowest BCUT2D eigenvalue weighted by atomic mass is 10.2. The van der Waals surface area contributed by atoms with Crippen LogP contribution in [0.5, 0.6) is 0 Å². The zero-order valence-corrected chi connectivity index (χ0v) is 11.1. The molecule has 2 aromatic heterocycles. The Hall–Kier alpha value is -2.01. The highest BCUT2D eigenvalue weighted by Gasteiger charge is 2.10. The second-order valence-corrected chi connectivity index (χ2v) is 4.38. The van der Waals surface area contributed by atoms with E-state index in [2.05, 4.69) is 15.3 Å². The summed E-state index contributed by atoms with van der Waals surface area (Å²) < 4.78 is 13.2. The van der Waals surface area contributed by atoms with Gasteiger partial charge in [-0.05, 0) is 30.8 Å². The smallest absolute Gasteiger partial charge is 0.141 e. The highest BCUT2D eigenvalue weighted by molar-refractivity contribution is 5.46. The SMILES string of the molecule is CNCc1cc(F)cnc1N(C)Cc1ccncc1. The van der Waals surface area contributed by atoms with Crippen molar-refractivity contribution in [1.29, 1.82) is 0 Å². The number of nitrogens with one attached hydrogen (secondary N) is 1. The van der Waals surface area contributed by atoms with Crippen molar-refractivity contribution in [2.45, 2.75) is 13.1 Å². The van der Waals surface area contributed by atoms with E-state index in [1.807, 2.05) is 31.1 Å². The van der Waals surface area contributed by atoms with Crippen LogP contribution in [0.4, 0.5) is 10.2 Å². The standard InChI is InChI=1S/C14H17FN4/c1-16-8-12-7-13(15)9-18-14(12)19(2)10-11-3-5-17-6-4-11/h3-7,9,16H,8,10H2,1-2H3. The van der Waals surface area contributed by atoms with Crippen LogP contribution in [0.15, 0.2) is 36.8 Å². The van der Waals surface area contributed by atoms with E-state index in [0.717, 1.165) is 16.9 Å². The first-order chi connectivity index (χ1) is 9.20. The van der Waals surface area contributed by atoms with Crippen molar-refractivity contribution >= 4 is 5.82 Å². The minimum atomic E-state index is -0.314. The first-order valence-corrected chi connectivity index (χ1v) is 6.09. The molecule has 0 atom stereocenters. The molecule has 2 aromatic rings. The summed E-state index contributed by atoms with van der Waals surface area (Å²) in [6.45, 7) is 1.29. The third-order valence-electron chi connectivity index (χ3n) is 2.81. The van der Waals surface area contributed by atoms with Gasteiger partial charge in [0, 0.05) is 38.1 Å². The van der Waals surface area contributed by atoms with Crippen LogP contribution in [0.1, 0.15) is 11.1 Å². The molecule has 0 aromatic carbocycles.